The molecule has 0 unspecified atom stereocenters. The summed E-state index contributed by atoms with van der Waals surface area (Å²) in [6.07, 6.45) is 4.93. The summed E-state index contributed by atoms with van der Waals surface area (Å²) in [5, 5.41) is 14.6. The largest absolute Gasteiger partial charge is 0.496 e. The predicted molar refractivity (Wildman–Crippen MR) is 157 cm³/mol. The first-order valence-electron chi connectivity index (χ1n) is 14.3. The van der Waals surface area contributed by atoms with Crippen molar-refractivity contribution in [3.05, 3.63) is 89.2 Å². The molecule has 1 spiro atoms. The highest BCUT2D eigenvalue weighted by atomic mass is 16.5. The van der Waals surface area contributed by atoms with Gasteiger partial charge in [0.05, 0.1) is 23.9 Å². The fourth-order valence-electron chi connectivity index (χ4n) is 6.53. The van der Waals surface area contributed by atoms with Crippen LogP contribution in [0.15, 0.2) is 66.9 Å². The number of hydrogen-bond donors (Lipinski definition) is 2. The maximum Gasteiger partial charge on any atom is 0.335 e. The SMILES string of the molecule is COc1cc(C(=O)[C@@H]2C(=O)c3cc(-c4cccc(C(=O)O)c4)ccc3OC23CCNCC3)cc2c(C3CC3)nccc12. The van der Waals surface area contributed by atoms with Gasteiger partial charge in [-0.25, -0.2) is 4.79 Å². The Kier molecular flexibility index (Phi) is 6.31. The summed E-state index contributed by atoms with van der Waals surface area (Å²) in [5.41, 5.74) is 2.20. The second-order valence-corrected chi connectivity index (χ2v) is 11.4. The Labute approximate surface area is 242 Å². The molecule has 1 aliphatic carbocycles. The van der Waals surface area contributed by atoms with Crippen LogP contribution in [0.2, 0.25) is 0 Å². The molecule has 1 aromatic heterocycles. The summed E-state index contributed by atoms with van der Waals surface area (Å²) in [6.45, 7) is 1.26. The number of carbonyl (C=O) groups excluding carboxylic acids is 2. The lowest BCUT2D eigenvalue weighted by atomic mass is 9.70. The van der Waals surface area contributed by atoms with Crippen molar-refractivity contribution in [3.63, 3.8) is 0 Å². The Balaban J connectivity index is 1.34. The van der Waals surface area contributed by atoms with Gasteiger partial charge in [-0.05, 0) is 79.5 Å². The topological polar surface area (TPSA) is 115 Å². The molecule has 0 radical (unpaired) electrons. The second kappa shape index (κ2) is 10.1. The third-order valence-corrected chi connectivity index (χ3v) is 8.84. The Bertz CT molecular complexity index is 1770. The van der Waals surface area contributed by atoms with Crippen LogP contribution in [0.25, 0.3) is 21.9 Å². The number of fused-ring (bicyclic) bond motifs is 2. The van der Waals surface area contributed by atoms with Gasteiger partial charge in [-0.2, -0.15) is 0 Å². The molecule has 3 aromatic carbocycles. The van der Waals surface area contributed by atoms with E-state index in [0.717, 1.165) is 29.3 Å². The predicted octanol–water partition coefficient (Wildman–Crippen LogP) is 5.68. The number of hydrogen-bond acceptors (Lipinski definition) is 7. The van der Waals surface area contributed by atoms with Crippen molar-refractivity contribution in [1.82, 2.24) is 10.3 Å². The summed E-state index contributed by atoms with van der Waals surface area (Å²) in [7, 11) is 1.58. The van der Waals surface area contributed by atoms with E-state index in [1.54, 1.807) is 49.7 Å². The number of methoxy groups -OCH3 is 1. The van der Waals surface area contributed by atoms with Crippen LogP contribution < -0.4 is 14.8 Å². The van der Waals surface area contributed by atoms with Crippen LogP contribution in [0.3, 0.4) is 0 Å². The molecule has 2 aliphatic heterocycles. The fourth-order valence-corrected chi connectivity index (χ4v) is 6.53. The van der Waals surface area contributed by atoms with Gasteiger partial charge in [0.1, 0.15) is 23.0 Å². The highest BCUT2D eigenvalue weighted by molar-refractivity contribution is 6.20. The number of aromatic nitrogens is 1. The number of rotatable bonds is 6. The van der Waals surface area contributed by atoms with Crippen molar-refractivity contribution in [3.8, 4) is 22.6 Å². The summed E-state index contributed by atoms with van der Waals surface area (Å²) in [4.78, 5) is 45.1. The van der Waals surface area contributed by atoms with Crippen LogP contribution in [-0.2, 0) is 0 Å². The number of benzene rings is 3. The Morgan fingerprint density at radius 3 is 2.50 bits per heavy atom. The number of pyridine rings is 1. The molecular weight excluding hydrogens is 532 g/mol. The summed E-state index contributed by atoms with van der Waals surface area (Å²) in [5.74, 6) is -1.27. The minimum Gasteiger partial charge on any atom is -0.496 e. The van der Waals surface area contributed by atoms with Crippen LogP contribution in [0, 0.1) is 5.92 Å². The molecule has 212 valence electrons. The molecule has 0 amide bonds. The van der Waals surface area contributed by atoms with Gasteiger partial charge in [0, 0.05) is 41.3 Å². The zero-order chi connectivity index (χ0) is 29.0. The van der Waals surface area contributed by atoms with Gasteiger partial charge in [0.25, 0.3) is 0 Å². The molecular formula is C34H30N2O6. The van der Waals surface area contributed by atoms with Crippen LogP contribution in [0.5, 0.6) is 11.5 Å². The molecule has 2 N–H and O–H groups in total. The minimum atomic E-state index is -1.05. The average molecular weight is 563 g/mol. The molecule has 8 heteroatoms. The van der Waals surface area contributed by atoms with E-state index in [1.165, 1.54) is 6.07 Å². The number of aromatic carboxylic acids is 1. The number of carbonyl (C=O) groups is 3. The van der Waals surface area contributed by atoms with Crippen molar-refractivity contribution in [2.75, 3.05) is 20.2 Å². The van der Waals surface area contributed by atoms with E-state index in [1.807, 2.05) is 18.2 Å². The van der Waals surface area contributed by atoms with Crippen LogP contribution in [0.4, 0.5) is 0 Å². The highest BCUT2D eigenvalue weighted by Crippen LogP contribution is 2.46. The Morgan fingerprint density at radius 1 is 0.976 bits per heavy atom. The van der Waals surface area contributed by atoms with Crippen LogP contribution >= 0.6 is 0 Å². The van der Waals surface area contributed by atoms with Gasteiger partial charge >= 0.3 is 5.97 Å². The molecule has 1 saturated carbocycles. The number of Topliss-reactive ketones (excluding diaryl/α,β-unsaturated/α-hetero) is 2. The molecule has 7 rings (SSSR count). The molecule has 0 bridgehead atoms. The lowest BCUT2D eigenvalue weighted by Crippen LogP contribution is -2.58. The number of nitrogens with zero attached hydrogens (tertiary/aromatic N) is 1. The molecule has 3 aliphatic rings. The van der Waals surface area contributed by atoms with Crippen molar-refractivity contribution in [2.24, 2.45) is 5.92 Å². The first kappa shape index (κ1) is 26.3. The second-order valence-electron chi connectivity index (χ2n) is 11.4. The number of ketones is 2. The van der Waals surface area contributed by atoms with E-state index in [9.17, 15) is 19.5 Å². The van der Waals surface area contributed by atoms with E-state index < -0.39 is 17.5 Å². The summed E-state index contributed by atoms with van der Waals surface area (Å²) < 4.78 is 12.4. The number of carboxylic acid groups (broad SMARTS) is 1. The molecule has 1 atom stereocenters. The third kappa shape index (κ3) is 4.34. The molecule has 42 heavy (non-hydrogen) atoms. The monoisotopic (exact) mass is 562 g/mol. The van der Waals surface area contributed by atoms with E-state index in [2.05, 4.69) is 10.3 Å². The van der Waals surface area contributed by atoms with E-state index >= 15 is 0 Å². The van der Waals surface area contributed by atoms with Crippen molar-refractivity contribution >= 4 is 28.3 Å². The molecule has 2 fully saturated rings. The summed E-state index contributed by atoms with van der Waals surface area (Å²) in [6, 6.07) is 17.4. The quantitative estimate of drug-likeness (QED) is 0.228. The number of ether oxygens (including phenoxy) is 2. The molecule has 4 aromatic rings. The first-order valence-corrected chi connectivity index (χ1v) is 14.3. The lowest BCUT2D eigenvalue weighted by molar-refractivity contribution is -0.0138. The van der Waals surface area contributed by atoms with E-state index in [4.69, 9.17) is 9.47 Å². The first-order chi connectivity index (χ1) is 20.4. The van der Waals surface area contributed by atoms with Gasteiger partial charge in [-0.15, -0.1) is 0 Å². The molecule has 3 heterocycles. The van der Waals surface area contributed by atoms with Gasteiger partial charge < -0.3 is 19.9 Å². The van der Waals surface area contributed by atoms with Crippen molar-refractivity contribution in [2.45, 2.75) is 37.2 Å². The van der Waals surface area contributed by atoms with Crippen LogP contribution in [-0.4, -0.2) is 53.4 Å². The number of piperidine rings is 1. The van der Waals surface area contributed by atoms with E-state index in [0.29, 0.717) is 65.6 Å². The van der Waals surface area contributed by atoms with Crippen molar-refractivity contribution < 1.29 is 29.0 Å². The van der Waals surface area contributed by atoms with Crippen molar-refractivity contribution in [1.29, 1.82) is 0 Å². The molecule has 1 saturated heterocycles. The summed E-state index contributed by atoms with van der Waals surface area (Å²) >= 11 is 0. The smallest absolute Gasteiger partial charge is 0.335 e. The third-order valence-electron chi connectivity index (χ3n) is 8.84. The maximum absolute atomic E-state index is 14.5. The Hall–Kier alpha value is -4.56. The number of carboxylic acids is 1. The maximum atomic E-state index is 14.5. The number of nitrogens with one attached hydrogen (secondary N) is 1. The van der Waals surface area contributed by atoms with Gasteiger partial charge in [-0.3, -0.25) is 14.6 Å². The minimum absolute atomic E-state index is 0.153. The van der Waals surface area contributed by atoms with Gasteiger partial charge in [0.2, 0.25) is 0 Å². The zero-order valence-corrected chi connectivity index (χ0v) is 23.2. The normalized spacial score (nSPS) is 19.3. The Morgan fingerprint density at radius 2 is 1.76 bits per heavy atom. The zero-order valence-electron chi connectivity index (χ0n) is 23.2. The van der Waals surface area contributed by atoms with Gasteiger partial charge in [-0.1, -0.05) is 18.2 Å². The average Bonchev–Trinajstić information content (AvgIpc) is 3.86. The van der Waals surface area contributed by atoms with Crippen LogP contribution in [0.1, 0.15) is 68.4 Å². The molecule has 8 nitrogen and oxygen atoms in total. The highest BCUT2D eigenvalue weighted by Gasteiger charge is 2.54. The van der Waals surface area contributed by atoms with Gasteiger partial charge in [0.15, 0.2) is 11.6 Å². The van der Waals surface area contributed by atoms with E-state index in [-0.39, 0.29) is 17.1 Å². The lowest BCUT2D eigenvalue weighted by Gasteiger charge is -2.45. The standard InChI is InChI=1S/C34H30N2O6/c1-41-28-18-23(17-25-24(28)9-12-36-30(25)19-5-6-19)31(37)29-32(38)26-16-21(20-3-2-4-22(15-20)33(39)40)7-8-27(26)42-34(29)10-13-35-14-11-34/h2-4,7-9,12,15-19,29,35H,5-6,10-11,13-14H2,1H3,(H,39,40)/t29-/m1/s1. The fraction of sp³-hybridized carbons (Fsp3) is 0.294.